The molecule has 0 radical (unpaired) electrons. The monoisotopic (exact) mass is 223 g/mol. The molecule has 0 amide bonds. The molecule has 0 fully saturated rings. The molecule has 0 aliphatic rings. The number of hydrogen-bond acceptors (Lipinski definition) is 4. The Labute approximate surface area is 95.0 Å². The topological polar surface area (TPSA) is 72.5 Å². The molecule has 16 heavy (non-hydrogen) atoms. The summed E-state index contributed by atoms with van der Waals surface area (Å²) in [5.74, 6) is -0.379. The maximum Gasteiger partial charge on any atom is 0.337 e. The SMILES string of the molecule is CC[C@@H](O)[C@@H](N)c1ccc(C(=O)OC)cc1. The third kappa shape index (κ3) is 2.81. The minimum atomic E-state index is -0.566. The van der Waals surface area contributed by atoms with E-state index in [1.807, 2.05) is 6.92 Å². The van der Waals surface area contributed by atoms with Crippen LogP contribution in [-0.2, 0) is 4.74 Å². The van der Waals surface area contributed by atoms with Crippen LogP contribution in [0.5, 0.6) is 0 Å². The summed E-state index contributed by atoms with van der Waals surface area (Å²) in [6.45, 7) is 1.87. The van der Waals surface area contributed by atoms with E-state index in [1.54, 1.807) is 24.3 Å². The van der Waals surface area contributed by atoms with Crippen molar-refractivity contribution in [2.24, 2.45) is 5.73 Å². The van der Waals surface area contributed by atoms with Crippen molar-refractivity contribution in [1.29, 1.82) is 0 Å². The first kappa shape index (κ1) is 12.7. The van der Waals surface area contributed by atoms with E-state index in [9.17, 15) is 9.90 Å². The molecular formula is C12H17NO3. The number of nitrogens with two attached hydrogens (primary N) is 1. The molecule has 0 heterocycles. The molecule has 4 heteroatoms. The molecule has 0 saturated carbocycles. The predicted octanol–water partition coefficient (Wildman–Crippen LogP) is 1.24. The van der Waals surface area contributed by atoms with Gasteiger partial charge in [0.2, 0.25) is 0 Å². The fourth-order valence-corrected chi connectivity index (χ4v) is 1.44. The molecule has 0 unspecified atom stereocenters. The van der Waals surface area contributed by atoms with Gasteiger partial charge in [0, 0.05) is 0 Å². The molecule has 1 aromatic rings. The third-order valence-electron chi connectivity index (χ3n) is 2.55. The van der Waals surface area contributed by atoms with Crippen LogP contribution >= 0.6 is 0 Å². The van der Waals surface area contributed by atoms with Gasteiger partial charge in [-0.05, 0) is 24.1 Å². The lowest BCUT2D eigenvalue weighted by Crippen LogP contribution is -2.25. The molecule has 0 bridgehead atoms. The first-order chi connectivity index (χ1) is 7.60. The molecule has 4 nitrogen and oxygen atoms in total. The smallest absolute Gasteiger partial charge is 0.337 e. The normalized spacial score (nSPS) is 14.2. The Kier molecular flexibility index (Phi) is 4.46. The Morgan fingerprint density at radius 3 is 2.44 bits per heavy atom. The zero-order valence-corrected chi connectivity index (χ0v) is 9.51. The third-order valence-corrected chi connectivity index (χ3v) is 2.55. The van der Waals surface area contributed by atoms with Crippen LogP contribution < -0.4 is 5.73 Å². The van der Waals surface area contributed by atoms with Crippen molar-refractivity contribution < 1.29 is 14.6 Å². The number of benzene rings is 1. The van der Waals surface area contributed by atoms with Crippen LogP contribution in [0.25, 0.3) is 0 Å². The Bertz CT molecular complexity index is 348. The molecule has 2 atom stereocenters. The van der Waals surface area contributed by atoms with Crippen LogP contribution in [-0.4, -0.2) is 24.3 Å². The molecular weight excluding hydrogens is 206 g/mol. The van der Waals surface area contributed by atoms with E-state index in [1.165, 1.54) is 7.11 Å². The Morgan fingerprint density at radius 1 is 1.44 bits per heavy atom. The highest BCUT2D eigenvalue weighted by molar-refractivity contribution is 5.89. The summed E-state index contributed by atoms with van der Waals surface area (Å²) in [6, 6.07) is 6.33. The molecule has 0 saturated heterocycles. The molecule has 0 aliphatic carbocycles. The molecule has 88 valence electrons. The van der Waals surface area contributed by atoms with E-state index < -0.39 is 12.1 Å². The molecule has 0 spiro atoms. The number of rotatable bonds is 4. The maximum atomic E-state index is 11.2. The van der Waals surface area contributed by atoms with Crippen LogP contribution in [0.3, 0.4) is 0 Å². The largest absolute Gasteiger partial charge is 0.465 e. The second-order valence-corrected chi connectivity index (χ2v) is 3.61. The van der Waals surface area contributed by atoms with Crippen molar-refractivity contribution in [3.05, 3.63) is 35.4 Å². The number of hydrogen-bond donors (Lipinski definition) is 2. The van der Waals surface area contributed by atoms with Crippen molar-refractivity contribution in [3.8, 4) is 0 Å². The summed E-state index contributed by atoms with van der Waals surface area (Å²) in [7, 11) is 1.34. The highest BCUT2D eigenvalue weighted by atomic mass is 16.5. The Hall–Kier alpha value is -1.39. The van der Waals surface area contributed by atoms with Crippen LogP contribution in [0.15, 0.2) is 24.3 Å². The number of methoxy groups -OCH3 is 1. The quantitative estimate of drug-likeness (QED) is 0.753. The van der Waals surface area contributed by atoms with Gasteiger partial charge in [-0.15, -0.1) is 0 Å². The fourth-order valence-electron chi connectivity index (χ4n) is 1.44. The van der Waals surface area contributed by atoms with Gasteiger partial charge in [0.25, 0.3) is 0 Å². The average molecular weight is 223 g/mol. The van der Waals surface area contributed by atoms with E-state index in [0.29, 0.717) is 12.0 Å². The van der Waals surface area contributed by atoms with E-state index in [2.05, 4.69) is 4.74 Å². The summed E-state index contributed by atoms with van der Waals surface area (Å²) < 4.78 is 4.59. The van der Waals surface area contributed by atoms with Crippen molar-refractivity contribution in [1.82, 2.24) is 0 Å². The van der Waals surface area contributed by atoms with Crippen LogP contribution in [0.1, 0.15) is 35.3 Å². The van der Waals surface area contributed by atoms with Gasteiger partial charge in [0.05, 0.1) is 24.8 Å². The lowest BCUT2D eigenvalue weighted by molar-refractivity contribution is 0.0600. The summed E-state index contributed by atoms with van der Waals surface area (Å²) >= 11 is 0. The average Bonchev–Trinajstić information content (AvgIpc) is 2.36. The molecule has 3 N–H and O–H groups in total. The zero-order chi connectivity index (χ0) is 12.1. The summed E-state index contributed by atoms with van der Waals surface area (Å²) in [5.41, 5.74) is 7.13. The van der Waals surface area contributed by atoms with Gasteiger partial charge in [-0.2, -0.15) is 0 Å². The van der Waals surface area contributed by atoms with Gasteiger partial charge in [-0.25, -0.2) is 4.79 Å². The fraction of sp³-hybridized carbons (Fsp3) is 0.417. The lowest BCUT2D eigenvalue weighted by atomic mass is 9.99. The second-order valence-electron chi connectivity index (χ2n) is 3.61. The first-order valence-electron chi connectivity index (χ1n) is 5.22. The van der Waals surface area contributed by atoms with Gasteiger partial charge in [0.15, 0.2) is 0 Å². The van der Waals surface area contributed by atoms with Gasteiger partial charge >= 0.3 is 5.97 Å². The van der Waals surface area contributed by atoms with Crippen LogP contribution in [0.2, 0.25) is 0 Å². The van der Waals surface area contributed by atoms with Crippen LogP contribution in [0.4, 0.5) is 0 Å². The lowest BCUT2D eigenvalue weighted by Gasteiger charge is -2.17. The number of aliphatic hydroxyl groups is 1. The highest BCUT2D eigenvalue weighted by Crippen LogP contribution is 2.17. The zero-order valence-electron chi connectivity index (χ0n) is 9.51. The standard InChI is InChI=1S/C12H17NO3/c1-3-10(14)11(13)8-4-6-9(7-5-8)12(15)16-2/h4-7,10-11,14H,3,13H2,1-2H3/t10-,11+/m1/s1. The van der Waals surface area contributed by atoms with Crippen LogP contribution in [0, 0.1) is 0 Å². The number of aliphatic hydroxyl groups excluding tert-OH is 1. The molecule has 0 aromatic heterocycles. The number of carbonyl (C=O) groups excluding carboxylic acids is 1. The summed E-state index contributed by atoms with van der Waals surface area (Å²) in [6.07, 6.45) is 0.0314. The van der Waals surface area contributed by atoms with Gasteiger partial charge in [0.1, 0.15) is 0 Å². The first-order valence-corrected chi connectivity index (χ1v) is 5.22. The maximum absolute atomic E-state index is 11.2. The van der Waals surface area contributed by atoms with Gasteiger partial charge < -0.3 is 15.6 Å². The van der Waals surface area contributed by atoms with E-state index in [4.69, 9.17) is 5.73 Å². The van der Waals surface area contributed by atoms with Crippen molar-refractivity contribution >= 4 is 5.97 Å². The van der Waals surface area contributed by atoms with E-state index >= 15 is 0 Å². The highest BCUT2D eigenvalue weighted by Gasteiger charge is 2.15. The molecule has 1 rings (SSSR count). The summed E-state index contributed by atoms with van der Waals surface area (Å²) in [5, 5.41) is 9.59. The molecule has 1 aromatic carbocycles. The molecule has 0 aliphatic heterocycles. The van der Waals surface area contributed by atoms with Crippen molar-refractivity contribution in [2.75, 3.05) is 7.11 Å². The van der Waals surface area contributed by atoms with E-state index in [0.717, 1.165) is 5.56 Å². The minimum absolute atomic E-state index is 0.379. The van der Waals surface area contributed by atoms with Gasteiger partial charge in [-0.3, -0.25) is 0 Å². The minimum Gasteiger partial charge on any atom is -0.465 e. The number of ether oxygens (including phenoxy) is 1. The van der Waals surface area contributed by atoms with Crippen molar-refractivity contribution in [2.45, 2.75) is 25.5 Å². The van der Waals surface area contributed by atoms with Crippen molar-refractivity contribution in [3.63, 3.8) is 0 Å². The number of carbonyl (C=O) groups is 1. The number of esters is 1. The Balaban J connectivity index is 2.82. The predicted molar refractivity (Wildman–Crippen MR) is 61.0 cm³/mol. The second kappa shape index (κ2) is 5.63. The summed E-state index contributed by atoms with van der Waals surface area (Å²) in [4.78, 5) is 11.2. The Morgan fingerprint density at radius 2 is 2.00 bits per heavy atom. The van der Waals surface area contributed by atoms with E-state index in [-0.39, 0.29) is 5.97 Å². The van der Waals surface area contributed by atoms with Gasteiger partial charge in [-0.1, -0.05) is 19.1 Å².